The van der Waals surface area contributed by atoms with Crippen molar-refractivity contribution in [2.45, 2.75) is 12.5 Å². The predicted molar refractivity (Wildman–Crippen MR) is 73.8 cm³/mol. The van der Waals surface area contributed by atoms with E-state index in [1.54, 1.807) is 6.20 Å². The largest absolute Gasteiger partial charge is 0.378 e. The molecule has 5 nitrogen and oxygen atoms in total. The average Bonchev–Trinajstić information content (AvgIpc) is 2.46. The Hall–Kier alpha value is -0.690. The maximum absolute atomic E-state index is 12.3. The summed E-state index contributed by atoms with van der Waals surface area (Å²) in [6.45, 7) is 1.17. The van der Waals surface area contributed by atoms with Gasteiger partial charge >= 0.3 is 0 Å². The third-order valence-electron chi connectivity index (χ3n) is 3.05. The second-order valence-corrected chi connectivity index (χ2v) is 6.73. The molecule has 1 unspecified atom stereocenters. The van der Waals surface area contributed by atoms with Crippen LogP contribution in [0.25, 0.3) is 0 Å². The summed E-state index contributed by atoms with van der Waals surface area (Å²) in [6.07, 6.45) is 2.08. The normalized spacial score (nSPS) is 21.4. The van der Waals surface area contributed by atoms with E-state index < -0.39 is 10.0 Å². The molecule has 0 N–H and O–H groups in total. The molecule has 7 heteroatoms. The van der Waals surface area contributed by atoms with E-state index in [1.807, 2.05) is 18.2 Å². The molecule has 0 radical (unpaired) electrons. The first-order chi connectivity index (χ1) is 9.13. The Labute approximate surface area is 118 Å². The number of aromatic nitrogens is 1. The fourth-order valence-electron chi connectivity index (χ4n) is 2.02. The van der Waals surface area contributed by atoms with Crippen LogP contribution < -0.4 is 0 Å². The minimum atomic E-state index is -3.31. The van der Waals surface area contributed by atoms with E-state index >= 15 is 0 Å². The first kappa shape index (κ1) is 14.7. The average molecular weight is 305 g/mol. The molecule has 19 heavy (non-hydrogen) atoms. The lowest BCUT2D eigenvalue weighted by Crippen LogP contribution is -2.50. The minimum Gasteiger partial charge on any atom is -0.378 e. The highest BCUT2D eigenvalue weighted by Gasteiger charge is 2.31. The van der Waals surface area contributed by atoms with Gasteiger partial charge in [-0.25, -0.2) is 8.42 Å². The van der Waals surface area contributed by atoms with E-state index in [0.29, 0.717) is 26.2 Å². The van der Waals surface area contributed by atoms with Crippen molar-refractivity contribution in [1.82, 2.24) is 9.29 Å². The molecular weight excluding hydrogens is 288 g/mol. The number of pyridine rings is 1. The van der Waals surface area contributed by atoms with E-state index in [-0.39, 0.29) is 17.7 Å². The smallest absolute Gasteiger partial charge is 0.214 e. The fraction of sp³-hybridized carbons (Fsp3) is 0.583. The Morgan fingerprint density at radius 3 is 3.00 bits per heavy atom. The number of morpholine rings is 1. The fourth-order valence-corrected chi connectivity index (χ4v) is 4.01. The van der Waals surface area contributed by atoms with Gasteiger partial charge in [-0.3, -0.25) is 4.98 Å². The number of rotatable bonds is 5. The van der Waals surface area contributed by atoms with E-state index in [2.05, 4.69) is 4.98 Å². The van der Waals surface area contributed by atoms with Crippen molar-refractivity contribution in [2.24, 2.45) is 0 Å². The lowest BCUT2D eigenvalue weighted by molar-refractivity contribution is 0.0405. The van der Waals surface area contributed by atoms with E-state index in [1.165, 1.54) is 4.31 Å². The molecule has 0 aliphatic carbocycles. The van der Waals surface area contributed by atoms with Gasteiger partial charge in [-0.1, -0.05) is 6.07 Å². The molecule has 1 aliphatic rings. The van der Waals surface area contributed by atoms with Crippen molar-refractivity contribution in [3.8, 4) is 0 Å². The summed E-state index contributed by atoms with van der Waals surface area (Å²) in [4.78, 5) is 4.13. The Kier molecular flexibility index (Phi) is 5.15. The summed E-state index contributed by atoms with van der Waals surface area (Å²) in [5.41, 5.74) is 0.779. The van der Waals surface area contributed by atoms with Gasteiger partial charge in [0, 0.05) is 30.7 Å². The van der Waals surface area contributed by atoms with Gasteiger partial charge in [-0.2, -0.15) is 4.31 Å². The third-order valence-corrected chi connectivity index (χ3v) is 5.32. The zero-order chi connectivity index (χ0) is 13.7. The Bertz CT molecular complexity index is 495. The van der Waals surface area contributed by atoms with Crippen molar-refractivity contribution >= 4 is 21.6 Å². The van der Waals surface area contributed by atoms with Crippen LogP contribution in [0, 0.1) is 0 Å². The predicted octanol–water partition coefficient (Wildman–Crippen LogP) is 0.893. The third kappa shape index (κ3) is 3.89. The first-order valence-corrected chi connectivity index (χ1v) is 8.31. The molecule has 106 valence electrons. The van der Waals surface area contributed by atoms with Crippen molar-refractivity contribution in [2.75, 3.05) is 31.4 Å². The Morgan fingerprint density at radius 2 is 2.32 bits per heavy atom. The highest BCUT2D eigenvalue weighted by atomic mass is 35.5. The maximum atomic E-state index is 12.3. The highest BCUT2D eigenvalue weighted by Crippen LogP contribution is 2.15. The molecule has 0 bridgehead atoms. The second kappa shape index (κ2) is 6.65. The molecule has 2 rings (SSSR count). The van der Waals surface area contributed by atoms with Gasteiger partial charge in [0.25, 0.3) is 0 Å². The zero-order valence-electron chi connectivity index (χ0n) is 10.5. The highest BCUT2D eigenvalue weighted by molar-refractivity contribution is 7.89. The minimum absolute atomic E-state index is 0.0530. The molecule has 1 saturated heterocycles. The number of ether oxygens (including phenoxy) is 1. The molecular formula is C12H17ClN2O3S. The van der Waals surface area contributed by atoms with Gasteiger partial charge in [0.2, 0.25) is 10.0 Å². The molecule has 0 amide bonds. The lowest BCUT2D eigenvalue weighted by Gasteiger charge is -2.33. The summed E-state index contributed by atoms with van der Waals surface area (Å²) < 4.78 is 31.3. The molecule has 0 saturated carbocycles. The molecule has 2 heterocycles. The Morgan fingerprint density at radius 1 is 1.47 bits per heavy atom. The van der Waals surface area contributed by atoms with E-state index in [9.17, 15) is 8.42 Å². The lowest BCUT2D eigenvalue weighted by atomic mass is 10.3. The van der Waals surface area contributed by atoms with Crippen molar-refractivity contribution in [3.63, 3.8) is 0 Å². The molecule has 0 aromatic carbocycles. The van der Waals surface area contributed by atoms with Crippen LogP contribution in [0.15, 0.2) is 24.4 Å². The van der Waals surface area contributed by atoms with Crippen LogP contribution >= 0.6 is 11.6 Å². The number of halogens is 1. The van der Waals surface area contributed by atoms with Gasteiger partial charge in [0.1, 0.15) is 0 Å². The summed E-state index contributed by atoms with van der Waals surface area (Å²) in [5, 5.41) is 0. The maximum Gasteiger partial charge on any atom is 0.214 e. The summed E-state index contributed by atoms with van der Waals surface area (Å²) in [6, 6.07) is 5.23. The zero-order valence-corrected chi connectivity index (χ0v) is 12.1. The standard InChI is InChI=1S/C12H17ClN2O3S/c13-9-12-10-18-7-6-15(12)19(16,17)8-4-11-3-1-2-5-14-11/h1-3,5,12H,4,6-10H2. The van der Waals surface area contributed by atoms with E-state index in [0.717, 1.165) is 5.69 Å². The van der Waals surface area contributed by atoms with Crippen molar-refractivity contribution < 1.29 is 13.2 Å². The quantitative estimate of drug-likeness (QED) is 0.758. The van der Waals surface area contributed by atoms with Crippen LogP contribution in [0.3, 0.4) is 0 Å². The number of hydrogen-bond acceptors (Lipinski definition) is 4. The summed E-state index contributed by atoms with van der Waals surface area (Å²) >= 11 is 5.80. The molecule has 1 aromatic rings. The number of aryl methyl sites for hydroxylation is 1. The van der Waals surface area contributed by atoms with Crippen LogP contribution in [0.5, 0.6) is 0 Å². The molecule has 1 aliphatic heterocycles. The molecule has 1 atom stereocenters. The number of alkyl halides is 1. The van der Waals surface area contributed by atoms with Crippen molar-refractivity contribution in [1.29, 1.82) is 0 Å². The van der Waals surface area contributed by atoms with Crippen LogP contribution in [-0.2, 0) is 21.2 Å². The van der Waals surface area contributed by atoms with Crippen LogP contribution in [0.4, 0.5) is 0 Å². The van der Waals surface area contributed by atoms with Gasteiger partial charge in [0.15, 0.2) is 0 Å². The SMILES string of the molecule is O=S(=O)(CCc1ccccn1)N1CCOCC1CCl. The monoisotopic (exact) mass is 304 g/mol. The Balaban J connectivity index is 2.01. The van der Waals surface area contributed by atoms with Gasteiger partial charge in [-0.15, -0.1) is 11.6 Å². The number of sulfonamides is 1. The van der Waals surface area contributed by atoms with Gasteiger partial charge < -0.3 is 4.74 Å². The first-order valence-electron chi connectivity index (χ1n) is 6.16. The van der Waals surface area contributed by atoms with Gasteiger partial charge in [-0.05, 0) is 12.1 Å². The topological polar surface area (TPSA) is 59.5 Å². The van der Waals surface area contributed by atoms with Crippen LogP contribution in [0.1, 0.15) is 5.69 Å². The molecule has 1 aromatic heterocycles. The van der Waals surface area contributed by atoms with Crippen LogP contribution in [-0.4, -0.2) is 55.1 Å². The van der Waals surface area contributed by atoms with Gasteiger partial charge in [0.05, 0.1) is 25.0 Å². The molecule has 0 spiro atoms. The number of hydrogen-bond donors (Lipinski definition) is 0. The molecule has 1 fully saturated rings. The number of nitrogens with zero attached hydrogens (tertiary/aromatic N) is 2. The second-order valence-electron chi connectivity index (χ2n) is 4.38. The van der Waals surface area contributed by atoms with Crippen LogP contribution in [0.2, 0.25) is 0 Å². The van der Waals surface area contributed by atoms with Crippen molar-refractivity contribution in [3.05, 3.63) is 30.1 Å². The summed E-state index contributed by atoms with van der Waals surface area (Å²) in [7, 11) is -3.31. The summed E-state index contributed by atoms with van der Waals surface area (Å²) in [5.74, 6) is 0.306. The van der Waals surface area contributed by atoms with E-state index in [4.69, 9.17) is 16.3 Å².